The molecule has 122 valence electrons. The highest BCUT2D eigenvalue weighted by Crippen LogP contribution is 2.08. The molecule has 2 aromatic carbocycles. The fourth-order valence-electron chi connectivity index (χ4n) is 2.28. The molecule has 1 N–H and O–H groups in total. The van der Waals surface area contributed by atoms with Crippen LogP contribution in [0.1, 0.15) is 43.7 Å². The lowest BCUT2D eigenvalue weighted by Crippen LogP contribution is -1.97. The number of unbranched alkanes of at least 4 members (excludes halogenated alkanes) is 3. The highest BCUT2D eigenvalue weighted by atomic mass is 16.5. The van der Waals surface area contributed by atoms with E-state index in [0.717, 1.165) is 24.3 Å². The Hall–Kier alpha value is -2.13. The van der Waals surface area contributed by atoms with Gasteiger partial charge in [0, 0.05) is 6.61 Å². The van der Waals surface area contributed by atoms with E-state index in [-0.39, 0.29) is 0 Å². The smallest absolute Gasteiger partial charge is 0.0717 e. The van der Waals surface area contributed by atoms with Crippen molar-refractivity contribution in [1.29, 1.82) is 0 Å². The van der Waals surface area contributed by atoms with Crippen LogP contribution in [0.5, 0.6) is 0 Å². The van der Waals surface area contributed by atoms with Crippen LogP contribution < -0.4 is 5.43 Å². The van der Waals surface area contributed by atoms with Crippen molar-refractivity contribution in [3.8, 4) is 0 Å². The second-order valence-electron chi connectivity index (χ2n) is 5.59. The summed E-state index contributed by atoms with van der Waals surface area (Å²) in [7, 11) is 0. The zero-order valence-electron chi connectivity index (χ0n) is 13.9. The predicted molar refractivity (Wildman–Crippen MR) is 97.9 cm³/mol. The van der Waals surface area contributed by atoms with Gasteiger partial charge >= 0.3 is 0 Å². The average Bonchev–Trinajstić information content (AvgIpc) is 2.59. The Morgan fingerprint density at radius 2 is 1.87 bits per heavy atom. The van der Waals surface area contributed by atoms with Gasteiger partial charge in [-0.3, -0.25) is 5.43 Å². The summed E-state index contributed by atoms with van der Waals surface area (Å²) in [6.07, 6.45) is 6.80. The van der Waals surface area contributed by atoms with Gasteiger partial charge in [-0.25, -0.2) is 0 Å². The van der Waals surface area contributed by atoms with E-state index in [1.54, 1.807) is 0 Å². The fraction of sp³-hybridized carbons (Fsp3) is 0.350. The second-order valence-corrected chi connectivity index (χ2v) is 5.59. The van der Waals surface area contributed by atoms with Gasteiger partial charge in [0.05, 0.1) is 18.5 Å². The molecule has 0 saturated heterocycles. The number of hydrogen-bond donors (Lipinski definition) is 1. The number of benzene rings is 2. The van der Waals surface area contributed by atoms with Gasteiger partial charge in [0.25, 0.3) is 0 Å². The van der Waals surface area contributed by atoms with Crippen molar-refractivity contribution in [1.82, 2.24) is 0 Å². The average molecular weight is 310 g/mol. The van der Waals surface area contributed by atoms with Crippen molar-refractivity contribution in [2.75, 3.05) is 12.0 Å². The molecule has 0 aromatic heterocycles. The lowest BCUT2D eigenvalue weighted by atomic mass is 10.1. The van der Waals surface area contributed by atoms with Gasteiger partial charge in [-0.15, -0.1) is 0 Å². The number of para-hydroxylation sites is 1. The molecule has 0 bridgehead atoms. The third kappa shape index (κ3) is 7.11. The maximum absolute atomic E-state index is 5.73. The minimum Gasteiger partial charge on any atom is -0.377 e. The van der Waals surface area contributed by atoms with Crippen molar-refractivity contribution < 1.29 is 4.74 Å². The summed E-state index contributed by atoms with van der Waals surface area (Å²) >= 11 is 0. The van der Waals surface area contributed by atoms with Crippen LogP contribution >= 0.6 is 0 Å². The molecule has 2 aromatic rings. The summed E-state index contributed by atoms with van der Waals surface area (Å²) in [6.45, 7) is 3.73. The number of hydrogen-bond acceptors (Lipinski definition) is 3. The predicted octanol–water partition coefficient (Wildman–Crippen LogP) is 5.23. The first-order valence-corrected chi connectivity index (χ1v) is 8.39. The van der Waals surface area contributed by atoms with Crippen LogP contribution in [0.3, 0.4) is 0 Å². The highest BCUT2D eigenvalue weighted by Gasteiger charge is 1.96. The molecule has 0 spiro atoms. The monoisotopic (exact) mass is 310 g/mol. The Labute approximate surface area is 139 Å². The molecule has 0 amide bonds. The number of anilines is 1. The van der Waals surface area contributed by atoms with Crippen molar-refractivity contribution >= 4 is 11.9 Å². The van der Waals surface area contributed by atoms with E-state index < -0.39 is 0 Å². The molecule has 3 heteroatoms. The first kappa shape index (κ1) is 17.2. The molecule has 0 aliphatic heterocycles. The quantitative estimate of drug-likeness (QED) is 0.370. The van der Waals surface area contributed by atoms with Crippen LogP contribution in [0, 0.1) is 0 Å². The van der Waals surface area contributed by atoms with Gasteiger partial charge in [-0.1, -0.05) is 62.6 Å². The normalized spacial score (nSPS) is 11.0. The lowest BCUT2D eigenvalue weighted by molar-refractivity contribution is 0.117. The highest BCUT2D eigenvalue weighted by molar-refractivity contribution is 5.80. The van der Waals surface area contributed by atoms with Crippen LogP contribution in [-0.2, 0) is 11.3 Å². The Morgan fingerprint density at radius 3 is 2.70 bits per heavy atom. The summed E-state index contributed by atoms with van der Waals surface area (Å²) in [6, 6.07) is 18.2. The number of nitrogens with zero attached hydrogens (tertiary/aromatic N) is 1. The summed E-state index contributed by atoms with van der Waals surface area (Å²) in [4.78, 5) is 0. The van der Waals surface area contributed by atoms with Gasteiger partial charge in [-0.2, -0.15) is 5.10 Å². The van der Waals surface area contributed by atoms with Gasteiger partial charge in [-0.05, 0) is 35.7 Å². The minimum atomic E-state index is 0.667. The zero-order valence-corrected chi connectivity index (χ0v) is 13.9. The maximum atomic E-state index is 5.73. The molecule has 0 unspecified atom stereocenters. The zero-order chi connectivity index (χ0) is 16.2. The van der Waals surface area contributed by atoms with Gasteiger partial charge in [0.15, 0.2) is 0 Å². The number of ether oxygens (including phenoxy) is 1. The van der Waals surface area contributed by atoms with Gasteiger partial charge in [0.2, 0.25) is 0 Å². The molecule has 23 heavy (non-hydrogen) atoms. The molecule has 3 nitrogen and oxygen atoms in total. The SMILES string of the molecule is CCCCCCOCc1cccc(C=NNc2ccccc2)c1. The van der Waals surface area contributed by atoms with E-state index in [0.29, 0.717) is 6.61 Å². The van der Waals surface area contributed by atoms with Crippen molar-refractivity contribution in [3.63, 3.8) is 0 Å². The minimum absolute atomic E-state index is 0.667. The van der Waals surface area contributed by atoms with E-state index in [1.165, 1.54) is 24.8 Å². The van der Waals surface area contributed by atoms with Crippen molar-refractivity contribution in [3.05, 3.63) is 65.7 Å². The molecule has 0 aliphatic carbocycles. The van der Waals surface area contributed by atoms with Crippen molar-refractivity contribution in [2.24, 2.45) is 5.10 Å². The molecule has 0 fully saturated rings. The summed E-state index contributed by atoms with van der Waals surface area (Å²) in [5.41, 5.74) is 6.26. The topological polar surface area (TPSA) is 33.6 Å². The number of nitrogens with one attached hydrogen (secondary N) is 1. The molecule has 0 atom stereocenters. The first-order valence-electron chi connectivity index (χ1n) is 8.39. The molecule has 2 rings (SSSR count). The third-order valence-electron chi connectivity index (χ3n) is 3.54. The standard InChI is InChI=1S/C20H26N2O/c1-2-3-4-8-14-23-17-19-11-9-10-18(15-19)16-21-22-20-12-6-5-7-13-20/h5-7,9-13,15-16,22H,2-4,8,14,17H2,1H3. The molecule has 0 heterocycles. The van der Waals surface area contributed by atoms with Gasteiger partial charge in [0.1, 0.15) is 0 Å². The first-order chi connectivity index (χ1) is 11.4. The van der Waals surface area contributed by atoms with Crippen LogP contribution in [0.2, 0.25) is 0 Å². The van der Waals surface area contributed by atoms with Crippen LogP contribution in [0.25, 0.3) is 0 Å². The Kier molecular flexibility index (Phi) is 7.92. The second kappa shape index (κ2) is 10.6. The Morgan fingerprint density at radius 1 is 1.00 bits per heavy atom. The third-order valence-corrected chi connectivity index (χ3v) is 3.54. The molecule has 0 aliphatic rings. The van der Waals surface area contributed by atoms with Crippen LogP contribution in [0.15, 0.2) is 59.7 Å². The summed E-state index contributed by atoms with van der Waals surface area (Å²) in [5, 5.41) is 4.27. The molecule has 0 saturated carbocycles. The Bertz CT molecular complexity index is 581. The van der Waals surface area contributed by atoms with Crippen molar-refractivity contribution in [2.45, 2.75) is 39.2 Å². The van der Waals surface area contributed by atoms with E-state index >= 15 is 0 Å². The maximum Gasteiger partial charge on any atom is 0.0717 e. The Balaban J connectivity index is 1.75. The van der Waals surface area contributed by atoms with E-state index in [9.17, 15) is 0 Å². The van der Waals surface area contributed by atoms with Crippen LogP contribution in [0.4, 0.5) is 5.69 Å². The fourth-order valence-corrected chi connectivity index (χ4v) is 2.28. The number of rotatable bonds is 10. The van der Waals surface area contributed by atoms with E-state index in [2.05, 4.69) is 29.6 Å². The summed E-state index contributed by atoms with van der Waals surface area (Å²) < 4.78 is 5.73. The largest absolute Gasteiger partial charge is 0.377 e. The molecular weight excluding hydrogens is 284 g/mol. The lowest BCUT2D eigenvalue weighted by Gasteiger charge is -2.05. The summed E-state index contributed by atoms with van der Waals surface area (Å²) in [5.74, 6) is 0. The van der Waals surface area contributed by atoms with E-state index in [4.69, 9.17) is 4.74 Å². The van der Waals surface area contributed by atoms with Gasteiger partial charge < -0.3 is 4.74 Å². The molecule has 0 radical (unpaired) electrons. The molecular formula is C20H26N2O. The number of hydrazone groups is 1. The van der Waals surface area contributed by atoms with E-state index in [1.807, 2.05) is 48.7 Å². The van der Waals surface area contributed by atoms with Crippen LogP contribution in [-0.4, -0.2) is 12.8 Å².